The fourth-order valence-corrected chi connectivity index (χ4v) is 5.05. The lowest BCUT2D eigenvalue weighted by Crippen LogP contribution is -2.31. The predicted molar refractivity (Wildman–Crippen MR) is 148 cm³/mol. The van der Waals surface area contributed by atoms with E-state index in [1.54, 1.807) is 19.1 Å². The number of aromatic nitrogens is 3. The van der Waals surface area contributed by atoms with Gasteiger partial charge in [-0.1, -0.05) is 6.07 Å². The number of rotatable bonds is 8. The molecule has 0 spiro atoms. The van der Waals surface area contributed by atoms with Crippen molar-refractivity contribution in [2.24, 2.45) is 0 Å². The number of nitrogens with one attached hydrogen (secondary N) is 3. The number of H-pyrrole nitrogens is 2. The zero-order valence-electron chi connectivity index (χ0n) is 22.7. The second kappa shape index (κ2) is 10.5. The maximum absolute atomic E-state index is 13.3. The van der Waals surface area contributed by atoms with E-state index in [2.05, 4.69) is 20.3 Å². The number of benzene rings is 2. The molecule has 2 aromatic carbocycles. The maximum atomic E-state index is 13.3. The van der Waals surface area contributed by atoms with Gasteiger partial charge in [-0.05, 0) is 81.4 Å². The third-order valence-corrected chi connectivity index (χ3v) is 7.20. The van der Waals surface area contributed by atoms with Crippen LogP contribution in [0.3, 0.4) is 0 Å². The third-order valence-electron chi connectivity index (χ3n) is 7.20. The molecule has 2 aromatic heterocycles. The van der Waals surface area contributed by atoms with Gasteiger partial charge >= 0.3 is 6.18 Å². The highest BCUT2D eigenvalue weighted by atomic mass is 19.4. The summed E-state index contributed by atoms with van der Waals surface area (Å²) < 4.78 is 39.8. The van der Waals surface area contributed by atoms with Gasteiger partial charge in [0.2, 0.25) is 0 Å². The highest BCUT2D eigenvalue weighted by Gasteiger charge is 2.31. The van der Waals surface area contributed by atoms with E-state index in [-0.39, 0.29) is 23.1 Å². The molecule has 8 nitrogen and oxygen atoms in total. The predicted octanol–water partition coefficient (Wildman–Crippen LogP) is 4.81. The van der Waals surface area contributed by atoms with Crippen molar-refractivity contribution in [2.75, 3.05) is 32.5 Å². The number of hydrogen-bond donors (Lipinski definition) is 3. The molecule has 1 aliphatic heterocycles. The second-order valence-corrected chi connectivity index (χ2v) is 10.6. The first-order valence-corrected chi connectivity index (χ1v) is 13.0. The summed E-state index contributed by atoms with van der Waals surface area (Å²) >= 11 is 0. The van der Waals surface area contributed by atoms with E-state index in [9.17, 15) is 22.8 Å². The maximum Gasteiger partial charge on any atom is 0.416 e. The molecule has 5 rings (SSSR count). The zero-order chi connectivity index (χ0) is 28.8. The zero-order valence-corrected chi connectivity index (χ0v) is 22.7. The number of anilines is 1. The van der Waals surface area contributed by atoms with E-state index in [0.29, 0.717) is 53.2 Å². The number of likely N-dealkylation sites (N-methyl/N-ethyl adjacent to an activating group) is 1. The number of halogens is 3. The Labute approximate surface area is 229 Å². The molecule has 4 aromatic rings. The largest absolute Gasteiger partial charge is 0.416 e. The van der Waals surface area contributed by atoms with Crippen molar-refractivity contribution >= 4 is 22.6 Å². The first kappa shape index (κ1) is 27.4. The topological polar surface area (TPSA) is 97.1 Å². The fourth-order valence-electron chi connectivity index (χ4n) is 5.05. The number of hydrogen-bond acceptors (Lipinski definition) is 5. The smallest absolute Gasteiger partial charge is 0.381 e. The Morgan fingerprint density at radius 1 is 1.15 bits per heavy atom. The van der Waals surface area contributed by atoms with Crippen LogP contribution in [-0.4, -0.2) is 63.9 Å². The highest BCUT2D eigenvalue weighted by Crippen LogP contribution is 2.32. The van der Waals surface area contributed by atoms with Crippen LogP contribution < -0.4 is 10.9 Å². The minimum Gasteiger partial charge on any atom is -0.381 e. The summed E-state index contributed by atoms with van der Waals surface area (Å²) in [6.07, 6.45) is -2.59. The summed E-state index contributed by atoms with van der Waals surface area (Å²) in [5, 5.41) is 3.28. The number of fused-ring (bicyclic) bond motifs is 2. The van der Waals surface area contributed by atoms with E-state index >= 15 is 0 Å². The number of pyridine rings is 1. The summed E-state index contributed by atoms with van der Waals surface area (Å²) in [6.45, 7) is 5.52. The van der Waals surface area contributed by atoms with Crippen molar-refractivity contribution < 1.29 is 18.0 Å². The number of carbonyl (C=O) groups excluding carboxylic acids is 1. The molecule has 0 saturated heterocycles. The molecule has 0 fully saturated rings. The molecule has 1 atom stereocenters. The number of amides is 1. The average Bonchev–Trinajstić information content (AvgIpc) is 3.41. The Morgan fingerprint density at radius 2 is 1.93 bits per heavy atom. The van der Waals surface area contributed by atoms with Gasteiger partial charge < -0.3 is 25.1 Å². The summed E-state index contributed by atoms with van der Waals surface area (Å²) in [5.74, 6) is 0.296. The van der Waals surface area contributed by atoms with E-state index < -0.39 is 11.7 Å². The van der Waals surface area contributed by atoms with Crippen LogP contribution in [0.2, 0.25) is 0 Å². The molecule has 0 saturated carbocycles. The first-order valence-electron chi connectivity index (χ1n) is 13.0. The number of aromatic amines is 2. The van der Waals surface area contributed by atoms with E-state index in [0.717, 1.165) is 23.7 Å². The summed E-state index contributed by atoms with van der Waals surface area (Å²) in [5.41, 5.74) is 3.83. The lowest BCUT2D eigenvalue weighted by atomic mass is 9.98. The SMILES string of the molecule is Cc1ccc(C(F)(F)F)cc1C[C@H](C)Nc1cc[nH]c(=O)c1-c1nc2cc3c(cc2[nH]1)CN(CCN(C)C)C3=O. The molecular formula is C29H31F3N6O2. The number of imidazole rings is 1. The lowest BCUT2D eigenvalue weighted by molar-refractivity contribution is -0.137. The standard InChI is InChI=1S/C29H31F3N6O2/c1-16-5-6-20(29(30,31)32)12-18(16)11-17(2)34-22-7-8-33-27(39)25(22)26-35-23-13-19-15-38(10-9-37(3)4)28(40)21(19)14-24(23)36-26/h5-8,12-14,17H,9-11,15H2,1-4H3,(H,35,36)(H2,33,34,39)/t17-/m0/s1. The van der Waals surface area contributed by atoms with Crippen molar-refractivity contribution in [3.8, 4) is 11.4 Å². The summed E-state index contributed by atoms with van der Waals surface area (Å²) in [6, 6.07) is 8.80. The van der Waals surface area contributed by atoms with Crippen molar-refractivity contribution in [2.45, 2.75) is 39.0 Å². The van der Waals surface area contributed by atoms with Gasteiger partial charge in [-0.2, -0.15) is 13.2 Å². The second-order valence-electron chi connectivity index (χ2n) is 10.6. The normalized spacial score (nSPS) is 14.3. The molecule has 40 heavy (non-hydrogen) atoms. The molecule has 0 unspecified atom stereocenters. The van der Waals surface area contributed by atoms with Crippen LogP contribution in [0, 0.1) is 6.92 Å². The molecular weight excluding hydrogens is 521 g/mol. The molecule has 3 N–H and O–H groups in total. The van der Waals surface area contributed by atoms with E-state index in [4.69, 9.17) is 0 Å². The van der Waals surface area contributed by atoms with Gasteiger partial charge in [-0.15, -0.1) is 0 Å². The third kappa shape index (κ3) is 5.46. The molecule has 1 amide bonds. The minimum atomic E-state index is -4.42. The van der Waals surface area contributed by atoms with E-state index in [1.807, 2.05) is 36.9 Å². The van der Waals surface area contributed by atoms with Gasteiger partial charge in [-0.3, -0.25) is 9.59 Å². The molecule has 0 radical (unpaired) electrons. The van der Waals surface area contributed by atoms with Crippen molar-refractivity contribution in [3.63, 3.8) is 0 Å². The number of alkyl halides is 3. The highest BCUT2D eigenvalue weighted by molar-refractivity contribution is 6.02. The Bertz CT molecular complexity index is 1640. The molecule has 3 heterocycles. The monoisotopic (exact) mass is 552 g/mol. The quantitative estimate of drug-likeness (QED) is 0.292. The van der Waals surface area contributed by atoms with Crippen LogP contribution >= 0.6 is 0 Å². The lowest BCUT2D eigenvalue weighted by Gasteiger charge is -2.19. The Hall–Kier alpha value is -4.12. The molecule has 210 valence electrons. The van der Waals surface area contributed by atoms with Gasteiger partial charge in [0.05, 0.1) is 22.3 Å². The van der Waals surface area contributed by atoms with Gasteiger partial charge in [0.25, 0.3) is 11.5 Å². The van der Waals surface area contributed by atoms with Gasteiger partial charge in [0.15, 0.2) is 0 Å². The molecule has 0 aliphatic carbocycles. The van der Waals surface area contributed by atoms with Gasteiger partial charge in [0, 0.05) is 37.4 Å². The van der Waals surface area contributed by atoms with Crippen molar-refractivity contribution in [1.29, 1.82) is 0 Å². The van der Waals surface area contributed by atoms with Crippen molar-refractivity contribution in [1.82, 2.24) is 24.8 Å². The average molecular weight is 553 g/mol. The van der Waals surface area contributed by atoms with Crippen LogP contribution in [0.1, 0.15) is 39.5 Å². The molecule has 1 aliphatic rings. The fraction of sp³-hybridized carbons (Fsp3) is 0.345. The van der Waals surface area contributed by atoms with Crippen molar-refractivity contribution in [3.05, 3.63) is 80.8 Å². The van der Waals surface area contributed by atoms with Crippen LogP contribution in [0.15, 0.2) is 47.4 Å². The number of carbonyl (C=O) groups is 1. The minimum absolute atomic E-state index is 0.0399. The molecule has 11 heteroatoms. The Balaban J connectivity index is 1.41. The van der Waals surface area contributed by atoms with Crippen LogP contribution in [0.5, 0.6) is 0 Å². The van der Waals surface area contributed by atoms with Gasteiger partial charge in [-0.25, -0.2) is 4.98 Å². The van der Waals surface area contributed by atoms with Crippen LogP contribution in [0.4, 0.5) is 18.9 Å². The first-order chi connectivity index (χ1) is 18.9. The van der Waals surface area contributed by atoms with Crippen LogP contribution in [0.25, 0.3) is 22.4 Å². The summed E-state index contributed by atoms with van der Waals surface area (Å²) in [4.78, 5) is 40.3. The Morgan fingerprint density at radius 3 is 2.65 bits per heavy atom. The van der Waals surface area contributed by atoms with Crippen LogP contribution in [-0.2, 0) is 19.1 Å². The van der Waals surface area contributed by atoms with E-state index in [1.165, 1.54) is 18.3 Å². The summed E-state index contributed by atoms with van der Waals surface area (Å²) in [7, 11) is 3.92. The Kier molecular flexibility index (Phi) is 7.17. The number of aryl methyl sites for hydroxylation is 1. The molecule has 0 bridgehead atoms. The van der Waals surface area contributed by atoms with Gasteiger partial charge in [0.1, 0.15) is 11.4 Å². The number of nitrogens with zero attached hydrogens (tertiary/aromatic N) is 3.